The maximum atomic E-state index is 12.6. The summed E-state index contributed by atoms with van der Waals surface area (Å²) in [6.45, 7) is 3.82. The van der Waals surface area contributed by atoms with Crippen LogP contribution in [0.25, 0.3) is 9.88 Å². The molecule has 2 heterocycles. The van der Waals surface area contributed by atoms with Gasteiger partial charge in [-0.15, -0.1) is 22.7 Å². The molecule has 140 valence electrons. The second kappa shape index (κ2) is 8.21. The molecule has 1 N–H and O–H groups in total. The van der Waals surface area contributed by atoms with Gasteiger partial charge in [0.2, 0.25) is 5.91 Å². The highest BCUT2D eigenvalue weighted by Crippen LogP contribution is 2.33. The predicted octanol–water partition coefficient (Wildman–Crippen LogP) is 4.85. The average molecular weight is 420 g/mol. The molecule has 2 amide bonds. The van der Waals surface area contributed by atoms with Crippen molar-refractivity contribution >= 4 is 51.8 Å². The third kappa shape index (κ3) is 4.55. The molecule has 5 nitrogen and oxygen atoms in total. The van der Waals surface area contributed by atoms with Gasteiger partial charge >= 0.3 is 0 Å². The second-order valence-electron chi connectivity index (χ2n) is 6.12. The minimum Gasteiger partial charge on any atom is -0.331 e. The normalized spacial score (nSPS) is 10.7. The number of aryl methyl sites for hydroxylation is 2. The van der Waals surface area contributed by atoms with Gasteiger partial charge in [0.1, 0.15) is 10.7 Å². The van der Waals surface area contributed by atoms with Crippen LogP contribution < -0.4 is 5.32 Å². The van der Waals surface area contributed by atoms with E-state index in [4.69, 9.17) is 11.6 Å². The van der Waals surface area contributed by atoms with Crippen LogP contribution in [0.3, 0.4) is 0 Å². The van der Waals surface area contributed by atoms with Crippen molar-refractivity contribution in [3.05, 3.63) is 56.9 Å². The largest absolute Gasteiger partial charge is 0.331 e. The Kier molecular flexibility index (Phi) is 5.94. The highest BCUT2D eigenvalue weighted by Gasteiger charge is 2.19. The summed E-state index contributed by atoms with van der Waals surface area (Å²) in [6.07, 6.45) is 0. The number of benzene rings is 1. The molecule has 27 heavy (non-hydrogen) atoms. The number of thiophene rings is 1. The molecule has 0 bridgehead atoms. The Bertz CT molecular complexity index is 976. The molecule has 0 saturated heterocycles. The molecule has 0 aliphatic rings. The molecule has 0 radical (unpaired) electrons. The molecule has 0 aliphatic heterocycles. The quantitative estimate of drug-likeness (QED) is 0.642. The number of rotatable bonds is 5. The zero-order valence-corrected chi connectivity index (χ0v) is 17.5. The van der Waals surface area contributed by atoms with Crippen molar-refractivity contribution in [2.24, 2.45) is 0 Å². The molecular formula is C19H18ClN3O2S2. The van der Waals surface area contributed by atoms with E-state index >= 15 is 0 Å². The highest BCUT2D eigenvalue weighted by atomic mass is 35.5. The molecular weight excluding hydrogens is 402 g/mol. The van der Waals surface area contributed by atoms with Gasteiger partial charge in [-0.3, -0.25) is 9.59 Å². The van der Waals surface area contributed by atoms with Crippen LogP contribution in [0.5, 0.6) is 0 Å². The fourth-order valence-corrected chi connectivity index (χ4v) is 4.50. The number of carbonyl (C=O) groups excluding carboxylic acids is 2. The molecule has 0 aliphatic carbocycles. The van der Waals surface area contributed by atoms with Crippen LogP contribution in [0.15, 0.2) is 35.7 Å². The van der Waals surface area contributed by atoms with E-state index in [1.807, 2.05) is 38.1 Å². The number of anilines is 1. The summed E-state index contributed by atoms with van der Waals surface area (Å²) in [5.74, 6) is -0.541. The monoisotopic (exact) mass is 419 g/mol. The lowest BCUT2D eigenvalue weighted by atomic mass is 10.1. The zero-order chi connectivity index (χ0) is 19.6. The Morgan fingerprint density at radius 1 is 1.19 bits per heavy atom. The Balaban J connectivity index is 1.65. The van der Waals surface area contributed by atoms with E-state index in [9.17, 15) is 9.59 Å². The molecule has 0 unspecified atom stereocenters. The SMILES string of the molecule is Cc1cccc(C)c1NC(=O)CN(C)C(=O)c1csc(-c2ccc(Cl)s2)n1. The highest BCUT2D eigenvalue weighted by molar-refractivity contribution is 7.23. The molecule has 3 aromatic rings. The van der Waals surface area contributed by atoms with Crippen molar-refractivity contribution in [1.82, 2.24) is 9.88 Å². The number of carbonyl (C=O) groups is 2. The smallest absolute Gasteiger partial charge is 0.273 e. The topological polar surface area (TPSA) is 62.3 Å². The third-order valence-corrected chi connectivity index (χ3v) is 6.22. The van der Waals surface area contributed by atoms with Gasteiger partial charge in [0.25, 0.3) is 5.91 Å². The van der Waals surface area contributed by atoms with E-state index in [0.717, 1.165) is 26.7 Å². The number of nitrogens with one attached hydrogen (secondary N) is 1. The van der Waals surface area contributed by atoms with Gasteiger partial charge in [0, 0.05) is 18.1 Å². The zero-order valence-electron chi connectivity index (χ0n) is 15.1. The average Bonchev–Trinajstić information content (AvgIpc) is 3.26. The van der Waals surface area contributed by atoms with Crippen molar-refractivity contribution in [2.75, 3.05) is 18.9 Å². The first-order valence-corrected chi connectivity index (χ1v) is 10.3. The van der Waals surface area contributed by atoms with Gasteiger partial charge in [0.05, 0.1) is 15.8 Å². The molecule has 0 spiro atoms. The molecule has 1 aromatic carbocycles. The first-order chi connectivity index (χ1) is 12.8. The van der Waals surface area contributed by atoms with Gasteiger partial charge in [-0.2, -0.15) is 0 Å². The maximum absolute atomic E-state index is 12.6. The van der Waals surface area contributed by atoms with Crippen molar-refractivity contribution in [1.29, 1.82) is 0 Å². The van der Waals surface area contributed by atoms with Crippen molar-refractivity contribution in [3.63, 3.8) is 0 Å². The lowest BCUT2D eigenvalue weighted by Gasteiger charge is -2.17. The van der Waals surface area contributed by atoms with Crippen molar-refractivity contribution < 1.29 is 9.59 Å². The van der Waals surface area contributed by atoms with Crippen LogP contribution in [-0.2, 0) is 4.79 Å². The standard InChI is InChI=1S/C19H18ClN3O2S2/c1-11-5-4-6-12(2)17(11)22-16(24)9-23(3)19(25)13-10-26-18(21-13)14-7-8-15(20)27-14/h4-8,10H,9H2,1-3H3,(H,22,24). The van der Waals surface area contributed by atoms with Gasteiger partial charge in [-0.25, -0.2) is 4.98 Å². The Labute approximate surface area is 170 Å². The summed E-state index contributed by atoms with van der Waals surface area (Å²) >= 11 is 8.74. The van der Waals surface area contributed by atoms with E-state index in [1.54, 1.807) is 18.5 Å². The molecule has 8 heteroatoms. The first kappa shape index (κ1) is 19.5. The first-order valence-electron chi connectivity index (χ1n) is 8.18. The van der Waals surface area contributed by atoms with Crippen LogP contribution in [0, 0.1) is 13.8 Å². The van der Waals surface area contributed by atoms with Gasteiger partial charge < -0.3 is 10.2 Å². The van der Waals surface area contributed by atoms with Crippen LogP contribution in [0.4, 0.5) is 5.69 Å². The van der Waals surface area contributed by atoms with Crippen molar-refractivity contribution in [2.45, 2.75) is 13.8 Å². The van der Waals surface area contributed by atoms with E-state index in [1.165, 1.54) is 27.6 Å². The molecule has 0 atom stereocenters. The van der Waals surface area contributed by atoms with Crippen LogP contribution in [-0.4, -0.2) is 35.3 Å². The fraction of sp³-hybridized carbons (Fsp3) is 0.211. The summed E-state index contributed by atoms with van der Waals surface area (Å²) in [6, 6.07) is 9.49. The number of nitrogens with zero attached hydrogens (tertiary/aromatic N) is 2. The van der Waals surface area contributed by atoms with E-state index in [0.29, 0.717) is 10.0 Å². The molecule has 0 saturated carbocycles. The summed E-state index contributed by atoms with van der Waals surface area (Å²) in [5.41, 5.74) is 3.07. The van der Waals surface area contributed by atoms with Gasteiger partial charge in [-0.05, 0) is 37.1 Å². The number of likely N-dealkylation sites (N-methyl/N-ethyl adjacent to an activating group) is 1. The summed E-state index contributed by atoms with van der Waals surface area (Å²) in [7, 11) is 1.59. The Morgan fingerprint density at radius 3 is 2.52 bits per heavy atom. The van der Waals surface area contributed by atoms with Crippen molar-refractivity contribution in [3.8, 4) is 9.88 Å². The maximum Gasteiger partial charge on any atom is 0.273 e. The Morgan fingerprint density at radius 2 is 1.89 bits per heavy atom. The lowest BCUT2D eigenvalue weighted by molar-refractivity contribution is -0.116. The number of aromatic nitrogens is 1. The summed E-state index contributed by atoms with van der Waals surface area (Å²) < 4.78 is 0.674. The van der Waals surface area contributed by atoms with Crippen LogP contribution in [0.2, 0.25) is 4.34 Å². The molecule has 2 aromatic heterocycles. The number of hydrogen-bond donors (Lipinski definition) is 1. The molecule has 3 rings (SSSR count). The van der Waals surface area contributed by atoms with E-state index < -0.39 is 0 Å². The van der Waals surface area contributed by atoms with Crippen LogP contribution in [0.1, 0.15) is 21.6 Å². The minimum atomic E-state index is -0.295. The van der Waals surface area contributed by atoms with E-state index in [2.05, 4.69) is 10.3 Å². The lowest BCUT2D eigenvalue weighted by Crippen LogP contribution is -2.35. The summed E-state index contributed by atoms with van der Waals surface area (Å²) in [5, 5.41) is 5.32. The fourth-order valence-electron chi connectivity index (χ4n) is 2.59. The number of halogens is 1. The predicted molar refractivity (Wildman–Crippen MR) is 112 cm³/mol. The number of hydrogen-bond acceptors (Lipinski definition) is 5. The number of amides is 2. The van der Waals surface area contributed by atoms with Gasteiger partial charge in [0.15, 0.2) is 0 Å². The Hall–Kier alpha value is -2.22. The van der Waals surface area contributed by atoms with E-state index in [-0.39, 0.29) is 18.4 Å². The minimum absolute atomic E-state index is 0.0513. The second-order valence-corrected chi connectivity index (χ2v) is 8.69. The van der Waals surface area contributed by atoms with Gasteiger partial charge in [-0.1, -0.05) is 29.8 Å². The number of para-hydroxylation sites is 1. The van der Waals surface area contributed by atoms with Crippen LogP contribution >= 0.6 is 34.3 Å². The molecule has 0 fully saturated rings. The summed E-state index contributed by atoms with van der Waals surface area (Å²) in [4.78, 5) is 31.6. The third-order valence-electron chi connectivity index (χ3n) is 3.98. The number of thiazole rings is 1.